The van der Waals surface area contributed by atoms with E-state index < -0.39 is 17.2 Å². The average Bonchev–Trinajstić information content (AvgIpc) is 2.25. The highest BCUT2D eigenvalue weighted by molar-refractivity contribution is 5.87. The van der Waals surface area contributed by atoms with E-state index in [1.54, 1.807) is 6.08 Å². The summed E-state index contributed by atoms with van der Waals surface area (Å²) in [5, 5.41) is 2.94. The summed E-state index contributed by atoms with van der Waals surface area (Å²) >= 11 is 0. The van der Waals surface area contributed by atoms with Crippen molar-refractivity contribution in [3.63, 3.8) is 0 Å². The van der Waals surface area contributed by atoms with Crippen LogP contribution in [0, 0.1) is 0 Å². The lowest BCUT2D eigenvalue weighted by molar-refractivity contribution is -0.112. The van der Waals surface area contributed by atoms with Gasteiger partial charge in [-0.15, -0.1) is 0 Å². The van der Waals surface area contributed by atoms with Gasteiger partial charge in [0.15, 0.2) is 5.78 Å². The quantitative estimate of drug-likeness (QED) is 0.798. The normalized spacial score (nSPS) is 19.2. The molecule has 0 heterocycles. The number of ether oxygens (including phenoxy) is 1. The maximum atomic E-state index is 11.9. The summed E-state index contributed by atoms with van der Waals surface area (Å²) in [4.78, 5) is 23.0. The number of nitrogens with one attached hydrogen (secondary N) is 1. The standard InChI is InChI=1S/C15H25NO3/c1-12(17)8-11-15(9-6-5-7-10-15)16-13(18)19-14(2,3)4/h8,11H,5-7,9-10H2,1-4H3,(H,16,18)/b11-8+. The zero-order chi connectivity index (χ0) is 14.5. The molecule has 1 saturated carbocycles. The Bertz CT molecular complexity index is 360. The van der Waals surface area contributed by atoms with Crippen LogP contribution in [-0.4, -0.2) is 23.0 Å². The van der Waals surface area contributed by atoms with Gasteiger partial charge in [-0.3, -0.25) is 4.79 Å². The summed E-state index contributed by atoms with van der Waals surface area (Å²) in [5.74, 6) is -0.00376. The monoisotopic (exact) mass is 267 g/mol. The molecule has 1 N–H and O–H groups in total. The second kappa shape index (κ2) is 6.22. The van der Waals surface area contributed by atoms with E-state index in [1.807, 2.05) is 26.8 Å². The summed E-state index contributed by atoms with van der Waals surface area (Å²) in [5.41, 5.74) is -0.934. The van der Waals surface area contributed by atoms with Crippen molar-refractivity contribution >= 4 is 11.9 Å². The zero-order valence-electron chi connectivity index (χ0n) is 12.4. The van der Waals surface area contributed by atoms with E-state index in [0.717, 1.165) is 25.7 Å². The fourth-order valence-electron chi connectivity index (χ4n) is 2.30. The summed E-state index contributed by atoms with van der Waals surface area (Å²) in [6.07, 6.45) is 7.96. The minimum absolute atomic E-state index is 0.00376. The maximum Gasteiger partial charge on any atom is 0.408 e. The summed E-state index contributed by atoms with van der Waals surface area (Å²) in [6, 6.07) is 0. The number of ketones is 1. The highest BCUT2D eigenvalue weighted by Gasteiger charge is 2.32. The maximum absolute atomic E-state index is 11.9. The highest BCUT2D eigenvalue weighted by atomic mass is 16.6. The van der Waals surface area contributed by atoms with E-state index in [2.05, 4.69) is 5.32 Å². The van der Waals surface area contributed by atoms with Gasteiger partial charge in [0.05, 0.1) is 5.54 Å². The Labute approximate surface area is 115 Å². The number of carbonyl (C=O) groups is 2. The van der Waals surface area contributed by atoms with Crippen LogP contribution in [0.3, 0.4) is 0 Å². The van der Waals surface area contributed by atoms with Crippen molar-refractivity contribution in [2.24, 2.45) is 0 Å². The minimum Gasteiger partial charge on any atom is -0.444 e. The van der Waals surface area contributed by atoms with Crippen molar-refractivity contribution < 1.29 is 14.3 Å². The molecule has 0 spiro atoms. The topological polar surface area (TPSA) is 55.4 Å². The molecule has 108 valence electrons. The summed E-state index contributed by atoms with van der Waals surface area (Å²) in [6.45, 7) is 7.03. The SMILES string of the molecule is CC(=O)/C=C/C1(NC(=O)OC(C)(C)C)CCCCC1. The fraction of sp³-hybridized carbons (Fsp3) is 0.733. The molecule has 4 heteroatoms. The first-order valence-electron chi connectivity index (χ1n) is 6.93. The van der Waals surface area contributed by atoms with Crippen molar-refractivity contribution in [1.82, 2.24) is 5.32 Å². The van der Waals surface area contributed by atoms with E-state index in [-0.39, 0.29) is 5.78 Å². The molecule has 0 radical (unpaired) electrons. The predicted molar refractivity (Wildman–Crippen MR) is 75.0 cm³/mol. The van der Waals surface area contributed by atoms with Crippen LogP contribution in [0.4, 0.5) is 4.79 Å². The van der Waals surface area contributed by atoms with Crippen LogP contribution < -0.4 is 5.32 Å². The van der Waals surface area contributed by atoms with Gasteiger partial charge in [0, 0.05) is 0 Å². The Kier molecular flexibility index (Phi) is 5.15. The molecule has 1 aliphatic rings. The van der Waals surface area contributed by atoms with Crippen molar-refractivity contribution in [3.8, 4) is 0 Å². The van der Waals surface area contributed by atoms with E-state index in [4.69, 9.17) is 4.74 Å². The highest BCUT2D eigenvalue weighted by Crippen LogP contribution is 2.30. The van der Waals surface area contributed by atoms with Crippen LogP contribution in [0.2, 0.25) is 0 Å². The molecular formula is C15H25NO3. The van der Waals surface area contributed by atoms with Crippen LogP contribution in [0.1, 0.15) is 59.8 Å². The third kappa shape index (κ3) is 5.90. The van der Waals surface area contributed by atoms with Crippen molar-refractivity contribution in [2.45, 2.75) is 70.9 Å². The molecule has 0 bridgehead atoms. The van der Waals surface area contributed by atoms with Gasteiger partial charge < -0.3 is 10.1 Å². The molecule has 1 fully saturated rings. The molecule has 0 saturated heterocycles. The van der Waals surface area contributed by atoms with Crippen LogP contribution >= 0.6 is 0 Å². The molecular weight excluding hydrogens is 242 g/mol. The minimum atomic E-state index is -0.510. The molecule has 1 aliphatic carbocycles. The molecule has 0 unspecified atom stereocenters. The second-order valence-electron chi connectivity index (χ2n) is 6.29. The number of hydrogen-bond donors (Lipinski definition) is 1. The molecule has 0 aromatic rings. The Balaban J connectivity index is 2.74. The largest absolute Gasteiger partial charge is 0.444 e. The number of carbonyl (C=O) groups excluding carboxylic acids is 2. The first kappa shape index (κ1) is 15.7. The molecule has 0 aliphatic heterocycles. The third-order valence-electron chi connectivity index (χ3n) is 3.13. The molecule has 1 amide bonds. The average molecular weight is 267 g/mol. The van der Waals surface area contributed by atoms with Gasteiger partial charge >= 0.3 is 6.09 Å². The lowest BCUT2D eigenvalue weighted by atomic mass is 9.81. The van der Waals surface area contributed by atoms with Crippen molar-refractivity contribution in [1.29, 1.82) is 0 Å². The summed E-state index contributed by atoms with van der Waals surface area (Å²) in [7, 11) is 0. The van der Waals surface area contributed by atoms with Crippen LogP contribution in [0.15, 0.2) is 12.2 Å². The van der Waals surface area contributed by atoms with E-state index in [1.165, 1.54) is 13.3 Å². The first-order valence-corrected chi connectivity index (χ1v) is 6.93. The lowest BCUT2D eigenvalue weighted by Gasteiger charge is -2.36. The van der Waals surface area contributed by atoms with Gasteiger partial charge in [0.1, 0.15) is 5.60 Å². The lowest BCUT2D eigenvalue weighted by Crippen LogP contribution is -2.50. The van der Waals surface area contributed by atoms with Gasteiger partial charge in [-0.25, -0.2) is 4.79 Å². The molecule has 0 atom stereocenters. The molecule has 0 aromatic carbocycles. The predicted octanol–water partition coefficient (Wildman–Crippen LogP) is 3.36. The van der Waals surface area contributed by atoms with Crippen LogP contribution in [0.5, 0.6) is 0 Å². The molecule has 1 rings (SSSR count). The molecule has 19 heavy (non-hydrogen) atoms. The van der Waals surface area contributed by atoms with Crippen LogP contribution in [-0.2, 0) is 9.53 Å². The van der Waals surface area contributed by atoms with Gasteiger partial charge in [-0.05, 0) is 46.6 Å². The second-order valence-corrected chi connectivity index (χ2v) is 6.29. The number of alkyl carbamates (subject to hydrolysis) is 1. The third-order valence-corrected chi connectivity index (χ3v) is 3.13. The Hall–Kier alpha value is -1.32. The Morgan fingerprint density at radius 1 is 1.16 bits per heavy atom. The Morgan fingerprint density at radius 3 is 2.21 bits per heavy atom. The number of hydrogen-bond acceptors (Lipinski definition) is 3. The van der Waals surface area contributed by atoms with Crippen molar-refractivity contribution in [2.75, 3.05) is 0 Å². The molecule has 0 aromatic heterocycles. The number of allylic oxidation sites excluding steroid dienone is 1. The van der Waals surface area contributed by atoms with E-state index >= 15 is 0 Å². The van der Waals surface area contributed by atoms with E-state index in [0.29, 0.717) is 0 Å². The van der Waals surface area contributed by atoms with E-state index in [9.17, 15) is 9.59 Å². The smallest absolute Gasteiger partial charge is 0.408 e. The van der Waals surface area contributed by atoms with Gasteiger partial charge in [0.25, 0.3) is 0 Å². The Morgan fingerprint density at radius 2 is 1.74 bits per heavy atom. The van der Waals surface area contributed by atoms with Gasteiger partial charge in [-0.2, -0.15) is 0 Å². The summed E-state index contributed by atoms with van der Waals surface area (Å²) < 4.78 is 5.30. The molecule has 4 nitrogen and oxygen atoms in total. The number of rotatable bonds is 3. The van der Waals surface area contributed by atoms with Crippen molar-refractivity contribution in [3.05, 3.63) is 12.2 Å². The first-order chi connectivity index (χ1) is 8.72. The number of amides is 1. The van der Waals surface area contributed by atoms with Gasteiger partial charge in [-0.1, -0.05) is 25.3 Å². The van der Waals surface area contributed by atoms with Crippen LogP contribution in [0.25, 0.3) is 0 Å². The van der Waals surface area contributed by atoms with Gasteiger partial charge in [0.2, 0.25) is 0 Å². The zero-order valence-corrected chi connectivity index (χ0v) is 12.4. The fourth-order valence-corrected chi connectivity index (χ4v) is 2.30.